The number of carbonyl (C=O) groups is 1. The highest BCUT2D eigenvalue weighted by atomic mass is 79.9. The van der Waals surface area contributed by atoms with Crippen molar-refractivity contribution < 1.29 is 18.7 Å². The molecule has 2 aromatic carbocycles. The Labute approximate surface area is 200 Å². The number of benzene rings is 2. The summed E-state index contributed by atoms with van der Waals surface area (Å²) < 4.78 is 31.0. The Balaban J connectivity index is 1.49. The first-order chi connectivity index (χ1) is 16.1. The first kappa shape index (κ1) is 21.8. The molecule has 0 aliphatic heterocycles. The van der Waals surface area contributed by atoms with E-state index in [1.54, 1.807) is 18.2 Å². The number of fused-ring (bicyclic) bond motifs is 2. The topological polar surface area (TPSA) is 99.1 Å². The van der Waals surface area contributed by atoms with Crippen molar-refractivity contribution in [3.63, 3.8) is 0 Å². The zero-order valence-electron chi connectivity index (χ0n) is 17.4. The van der Waals surface area contributed by atoms with Crippen LogP contribution in [0.1, 0.15) is 29.3 Å². The Morgan fingerprint density at radius 2 is 1.97 bits per heavy atom. The number of hydrogen-bond acceptors (Lipinski definition) is 9. The number of nitrogens with one attached hydrogen (secondary N) is 1. The summed E-state index contributed by atoms with van der Waals surface area (Å²) in [5.41, 5.74) is 2.81. The van der Waals surface area contributed by atoms with Gasteiger partial charge in [0.2, 0.25) is 5.95 Å². The largest absolute Gasteiger partial charge is 0.461 e. The Bertz CT molecular complexity index is 1380. The molecule has 1 N–H and O–H groups in total. The van der Waals surface area contributed by atoms with Gasteiger partial charge < -0.3 is 14.8 Å². The summed E-state index contributed by atoms with van der Waals surface area (Å²) in [5, 5.41) is 3.80. The van der Waals surface area contributed by atoms with Gasteiger partial charge in [-0.25, -0.2) is 0 Å². The highest BCUT2D eigenvalue weighted by molar-refractivity contribution is 9.10. The molecule has 0 bridgehead atoms. The fraction of sp³-hybridized carbons (Fsp3) is 0.227. The predicted octanol–water partition coefficient (Wildman–Crippen LogP) is 5.14. The highest BCUT2D eigenvalue weighted by Gasteiger charge is 2.31. The fourth-order valence-electron chi connectivity index (χ4n) is 3.65. The van der Waals surface area contributed by atoms with Crippen LogP contribution in [0.15, 0.2) is 34.8 Å². The average molecular weight is 530 g/mol. The fourth-order valence-corrected chi connectivity index (χ4v) is 4.97. The van der Waals surface area contributed by atoms with Crippen LogP contribution in [0, 0.1) is 6.08 Å². The maximum absolute atomic E-state index is 14.1. The first-order valence-corrected chi connectivity index (χ1v) is 11.8. The van der Waals surface area contributed by atoms with Gasteiger partial charge >= 0.3 is 12.1 Å². The number of aromatic nitrogens is 4. The van der Waals surface area contributed by atoms with Crippen molar-refractivity contribution in [3.05, 3.63) is 52.0 Å². The van der Waals surface area contributed by atoms with Crippen LogP contribution in [-0.4, -0.2) is 44.9 Å². The molecule has 0 fully saturated rings. The first-order valence-electron chi connectivity index (χ1n) is 10.2. The smallest absolute Gasteiger partial charge is 0.323 e. The van der Waals surface area contributed by atoms with Crippen molar-refractivity contribution in [1.82, 2.24) is 19.3 Å². The van der Waals surface area contributed by atoms with Gasteiger partial charge in [-0.1, -0.05) is 35.0 Å². The van der Waals surface area contributed by atoms with E-state index in [9.17, 15) is 9.18 Å². The third-order valence-corrected chi connectivity index (χ3v) is 6.47. The van der Waals surface area contributed by atoms with Gasteiger partial charge in [0, 0.05) is 27.6 Å². The molecule has 168 valence electrons. The number of halogens is 2. The zero-order valence-corrected chi connectivity index (χ0v) is 19.8. The normalized spacial score (nSPS) is 12.2. The van der Waals surface area contributed by atoms with Gasteiger partial charge in [0.15, 0.2) is 5.78 Å². The minimum Gasteiger partial charge on any atom is -0.461 e. The lowest BCUT2D eigenvalue weighted by atomic mass is 9.86. The van der Waals surface area contributed by atoms with E-state index in [0.717, 1.165) is 26.7 Å². The molecule has 0 atom stereocenters. The lowest BCUT2D eigenvalue weighted by Gasteiger charge is -2.20. The zero-order chi connectivity index (χ0) is 22.9. The molecule has 5 rings (SSSR count). The number of anilines is 2. The average Bonchev–Trinajstić information content (AvgIpc) is 3.23. The summed E-state index contributed by atoms with van der Waals surface area (Å²) in [6.07, 6.45) is -0.109. The van der Waals surface area contributed by atoms with E-state index in [0.29, 0.717) is 35.6 Å². The minimum absolute atomic E-state index is 0.0772. The number of nitrogens with zero attached hydrogens (tertiary/aromatic N) is 4. The van der Waals surface area contributed by atoms with Crippen LogP contribution in [0.25, 0.3) is 21.3 Å². The van der Waals surface area contributed by atoms with Crippen LogP contribution in [-0.2, 0) is 4.74 Å². The summed E-state index contributed by atoms with van der Waals surface area (Å²) >= 11 is 4.89. The van der Waals surface area contributed by atoms with Crippen LogP contribution in [0.3, 0.4) is 0 Å². The van der Waals surface area contributed by atoms with Gasteiger partial charge in [-0.2, -0.15) is 18.7 Å². The van der Waals surface area contributed by atoms with E-state index in [4.69, 9.17) is 9.47 Å². The van der Waals surface area contributed by atoms with Crippen molar-refractivity contribution in [2.24, 2.45) is 0 Å². The molecule has 0 spiro atoms. The maximum atomic E-state index is 14.1. The molecule has 1 aliphatic rings. The standard InChI is InChI=1S/C22H17BrFN5O3S/c1-2-8-31-9-10-32-22-27-20(24)26-21(28-22)25-13-7-6-12(23)16-17(13)19(30)11-4-3-5-14-15(11)18(16)29-33-14/h3-7H,2,8-10H2,1H3,(H,25,26,27,28). The van der Waals surface area contributed by atoms with Crippen LogP contribution >= 0.6 is 27.5 Å². The molecule has 2 heterocycles. The number of hydrogen-bond donors (Lipinski definition) is 1. The third-order valence-electron chi connectivity index (χ3n) is 5.00. The van der Waals surface area contributed by atoms with E-state index in [1.807, 2.05) is 19.1 Å². The SMILES string of the molecule is CCCOCCOc1nc(F)nc(Nc2ccc(Br)c3c2C(=O)c2cccc4snc-3c24)n1. The third kappa shape index (κ3) is 4.07. The number of carbonyl (C=O) groups excluding carboxylic acids is 1. The van der Waals surface area contributed by atoms with Crippen molar-refractivity contribution in [3.8, 4) is 17.3 Å². The van der Waals surface area contributed by atoms with Crippen molar-refractivity contribution in [1.29, 1.82) is 0 Å². The Kier molecular flexibility index (Phi) is 6.00. The van der Waals surface area contributed by atoms with Gasteiger partial charge in [-0.15, -0.1) is 4.98 Å². The molecule has 11 heteroatoms. The van der Waals surface area contributed by atoms with E-state index >= 15 is 0 Å². The Morgan fingerprint density at radius 3 is 2.82 bits per heavy atom. The molecule has 4 aromatic rings. The molecule has 0 saturated carbocycles. The molecule has 8 nitrogen and oxygen atoms in total. The van der Waals surface area contributed by atoms with Gasteiger partial charge in [0.05, 0.1) is 28.3 Å². The summed E-state index contributed by atoms with van der Waals surface area (Å²) in [6, 6.07) is 8.89. The van der Waals surface area contributed by atoms with E-state index < -0.39 is 6.08 Å². The number of ketones is 1. The minimum atomic E-state index is -0.999. The summed E-state index contributed by atoms with van der Waals surface area (Å²) in [7, 11) is 0. The Morgan fingerprint density at radius 1 is 1.09 bits per heavy atom. The molecule has 1 aliphatic carbocycles. The number of ether oxygens (including phenoxy) is 2. The predicted molar refractivity (Wildman–Crippen MR) is 126 cm³/mol. The van der Waals surface area contributed by atoms with E-state index in [2.05, 4.69) is 40.6 Å². The second kappa shape index (κ2) is 9.08. The quantitative estimate of drug-likeness (QED) is 0.275. The van der Waals surface area contributed by atoms with Crippen LogP contribution in [0.2, 0.25) is 0 Å². The van der Waals surface area contributed by atoms with Crippen LogP contribution in [0.4, 0.5) is 16.0 Å². The molecule has 0 amide bonds. The lowest BCUT2D eigenvalue weighted by Crippen LogP contribution is -2.14. The van der Waals surface area contributed by atoms with E-state index in [-0.39, 0.29) is 24.3 Å². The summed E-state index contributed by atoms with van der Waals surface area (Å²) in [6.45, 7) is 3.12. The van der Waals surface area contributed by atoms with Gasteiger partial charge in [0.25, 0.3) is 0 Å². The van der Waals surface area contributed by atoms with Crippen molar-refractivity contribution in [2.45, 2.75) is 13.3 Å². The van der Waals surface area contributed by atoms with Gasteiger partial charge in [-0.3, -0.25) is 4.79 Å². The van der Waals surface area contributed by atoms with Crippen LogP contribution < -0.4 is 10.1 Å². The highest BCUT2D eigenvalue weighted by Crippen LogP contribution is 2.46. The summed E-state index contributed by atoms with van der Waals surface area (Å²) in [4.78, 5) is 24.9. The Hall–Kier alpha value is -3.02. The summed E-state index contributed by atoms with van der Waals surface area (Å²) in [5.74, 6) is -0.238. The number of rotatable bonds is 8. The molecular weight excluding hydrogens is 513 g/mol. The molecule has 0 saturated heterocycles. The van der Waals surface area contributed by atoms with Crippen LogP contribution in [0.5, 0.6) is 6.01 Å². The molecule has 0 radical (unpaired) electrons. The second-order valence-corrected chi connectivity index (χ2v) is 8.84. The molecule has 2 aromatic heterocycles. The monoisotopic (exact) mass is 529 g/mol. The second-order valence-electron chi connectivity index (χ2n) is 7.18. The van der Waals surface area contributed by atoms with E-state index in [1.165, 1.54) is 11.5 Å². The maximum Gasteiger partial charge on any atom is 0.323 e. The lowest BCUT2D eigenvalue weighted by molar-refractivity contribution is 0.0967. The molecule has 33 heavy (non-hydrogen) atoms. The molecular formula is C22H17BrFN5O3S. The van der Waals surface area contributed by atoms with Gasteiger partial charge in [0.1, 0.15) is 6.61 Å². The van der Waals surface area contributed by atoms with Crippen molar-refractivity contribution in [2.75, 3.05) is 25.1 Å². The molecule has 0 unspecified atom stereocenters. The van der Waals surface area contributed by atoms with Gasteiger partial charge in [-0.05, 0) is 36.2 Å². The van der Waals surface area contributed by atoms with Crippen molar-refractivity contribution >= 4 is 55.0 Å².